The highest BCUT2D eigenvalue weighted by molar-refractivity contribution is 5.44. The number of hydrogen-bond acceptors (Lipinski definition) is 5. The summed E-state index contributed by atoms with van der Waals surface area (Å²) in [5.74, 6) is 3.29. The van der Waals surface area contributed by atoms with E-state index in [1.54, 1.807) is 19.1 Å². The lowest BCUT2D eigenvalue weighted by Gasteiger charge is -2.33. The van der Waals surface area contributed by atoms with Crippen LogP contribution in [0.2, 0.25) is 0 Å². The number of methoxy groups -OCH3 is 2. The monoisotopic (exact) mass is 386 g/mol. The zero-order valence-electron chi connectivity index (χ0n) is 17.2. The molecule has 1 aliphatic carbocycles. The molecule has 1 aliphatic heterocycles. The molecule has 0 amide bonds. The van der Waals surface area contributed by atoms with E-state index in [9.17, 15) is 0 Å². The second-order valence-electron chi connectivity index (χ2n) is 8.31. The highest BCUT2D eigenvalue weighted by Crippen LogP contribution is 2.34. The van der Waals surface area contributed by atoms with Crippen LogP contribution in [0.15, 0.2) is 18.2 Å². The zero-order chi connectivity index (χ0) is 19.5. The minimum absolute atomic E-state index is 0.114. The summed E-state index contributed by atoms with van der Waals surface area (Å²) in [5, 5.41) is 13.0. The Morgan fingerprint density at radius 1 is 1.04 bits per heavy atom. The highest BCUT2D eigenvalue weighted by atomic mass is 16.5. The molecule has 28 heavy (non-hydrogen) atoms. The van der Waals surface area contributed by atoms with E-state index in [1.165, 1.54) is 44.1 Å². The number of piperidine rings is 1. The number of quaternary nitrogens is 1. The Balaban J connectivity index is 1.74. The molecule has 1 saturated heterocycles. The Morgan fingerprint density at radius 2 is 1.75 bits per heavy atom. The molecule has 1 aromatic heterocycles. The molecule has 2 heterocycles. The Kier molecular flexibility index (Phi) is 5.80. The first-order chi connectivity index (χ1) is 13.7. The minimum Gasteiger partial charge on any atom is -0.493 e. The quantitative estimate of drug-likeness (QED) is 0.825. The number of aromatic nitrogens is 4. The van der Waals surface area contributed by atoms with Gasteiger partial charge in [0, 0.05) is 5.56 Å². The van der Waals surface area contributed by atoms with Gasteiger partial charge in [0.25, 0.3) is 0 Å². The van der Waals surface area contributed by atoms with Gasteiger partial charge in [0.2, 0.25) is 5.82 Å². The number of nitrogens with zero attached hydrogens (tertiary/aromatic N) is 4. The van der Waals surface area contributed by atoms with Crippen LogP contribution >= 0.6 is 0 Å². The number of benzene rings is 1. The number of nitrogens with one attached hydrogen (secondary N) is 1. The van der Waals surface area contributed by atoms with Crippen LogP contribution in [-0.2, 0) is 0 Å². The molecule has 152 valence electrons. The number of tetrazole rings is 1. The Hall–Kier alpha value is -2.15. The average molecular weight is 387 g/mol. The van der Waals surface area contributed by atoms with Crippen LogP contribution in [0.25, 0.3) is 0 Å². The zero-order valence-corrected chi connectivity index (χ0v) is 17.2. The van der Waals surface area contributed by atoms with Crippen molar-refractivity contribution >= 4 is 0 Å². The second kappa shape index (κ2) is 8.47. The van der Waals surface area contributed by atoms with Crippen LogP contribution in [0.3, 0.4) is 0 Å². The van der Waals surface area contributed by atoms with Crippen molar-refractivity contribution in [3.05, 3.63) is 29.6 Å². The van der Waals surface area contributed by atoms with Gasteiger partial charge in [0.1, 0.15) is 0 Å². The van der Waals surface area contributed by atoms with Gasteiger partial charge >= 0.3 is 0 Å². The number of likely N-dealkylation sites (tertiary alicyclic amines) is 1. The number of ether oxygens (including phenoxy) is 2. The van der Waals surface area contributed by atoms with Crippen molar-refractivity contribution in [1.82, 2.24) is 20.2 Å². The van der Waals surface area contributed by atoms with E-state index in [2.05, 4.69) is 39.3 Å². The summed E-state index contributed by atoms with van der Waals surface area (Å²) in [7, 11) is 3.36. The van der Waals surface area contributed by atoms with Gasteiger partial charge in [-0.15, -0.1) is 5.10 Å². The van der Waals surface area contributed by atoms with Gasteiger partial charge in [-0.25, -0.2) is 4.68 Å². The van der Waals surface area contributed by atoms with Crippen LogP contribution in [0.4, 0.5) is 0 Å². The van der Waals surface area contributed by atoms with Crippen molar-refractivity contribution in [2.45, 2.75) is 57.5 Å². The molecule has 0 radical (unpaired) electrons. The van der Waals surface area contributed by atoms with Crippen molar-refractivity contribution in [3.63, 3.8) is 0 Å². The first-order valence-electron chi connectivity index (χ1n) is 10.6. The Morgan fingerprint density at radius 3 is 2.43 bits per heavy atom. The van der Waals surface area contributed by atoms with E-state index < -0.39 is 0 Å². The van der Waals surface area contributed by atoms with Crippen molar-refractivity contribution in [3.8, 4) is 11.5 Å². The van der Waals surface area contributed by atoms with Gasteiger partial charge in [-0.3, -0.25) is 0 Å². The fourth-order valence-corrected chi connectivity index (χ4v) is 4.82. The van der Waals surface area contributed by atoms with Crippen LogP contribution in [-0.4, -0.2) is 47.5 Å². The van der Waals surface area contributed by atoms with Gasteiger partial charge < -0.3 is 14.4 Å². The molecule has 2 aromatic rings. The predicted octanol–water partition coefficient (Wildman–Crippen LogP) is 2.21. The molecular formula is C21H32N5O2+. The summed E-state index contributed by atoms with van der Waals surface area (Å²) in [6.45, 7) is 4.63. The molecule has 0 unspecified atom stereocenters. The predicted molar refractivity (Wildman–Crippen MR) is 106 cm³/mol. The van der Waals surface area contributed by atoms with E-state index in [0.29, 0.717) is 6.04 Å². The largest absolute Gasteiger partial charge is 0.493 e. The normalized spacial score (nSPS) is 24.2. The minimum atomic E-state index is 0.114. The van der Waals surface area contributed by atoms with Gasteiger partial charge in [0.15, 0.2) is 17.5 Å². The third-order valence-electron chi connectivity index (χ3n) is 6.51. The fourth-order valence-electron chi connectivity index (χ4n) is 4.82. The fraction of sp³-hybridized carbons (Fsp3) is 0.667. The number of rotatable bonds is 6. The first-order valence-corrected chi connectivity index (χ1v) is 10.6. The Labute approximate surface area is 167 Å². The van der Waals surface area contributed by atoms with Crippen molar-refractivity contribution in [1.29, 1.82) is 0 Å². The summed E-state index contributed by atoms with van der Waals surface area (Å²) in [6.07, 6.45) is 7.35. The molecular weight excluding hydrogens is 354 g/mol. The van der Waals surface area contributed by atoms with Crippen molar-refractivity contribution in [2.24, 2.45) is 5.92 Å². The standard InChI is InChI=1S/C21H31N5O2/c1-15-10-12-25(13-11-15)20(16-8-9-18(27-2)19(14-16)28-3)21-22-23-24-26(21)17-6-4-5-7-17/h8-9,14-15,17,20H,4-7,10-13H2,1-3H3/p+1/t20-/m0/s1. The van der Waals surface area contributed by atoms with E-state index in [1.807, 2.05) is 6.07 Å². The Bertz CT molecular complexity index is 779. The third kappa shape index (κ3) is 3.72. The summed E-state index contributed by atoms with van der Waals surface area (Å²) in [6, 6.07) is 6.78. The molecule has 2 aliphatic rings. The van der Waals surface area contributed by atoms with Crippen LogP contribution in [0, 0.1) is 5.92 Å². The molecule has 4 rings (SSSR count). The van der Waals surface area contributed by atoms with Gasteiger partial charge in [0.05, 0.1) is 33.4 Å². The summed E-state index contributed by atoms with van der Waals surface area (Å²) >= 11 is 0. The van der Waals surface area contributed by atoms with Crippen LogP contribution in [0.5, 0.6) is 11.5 Å². The molecule has 2 fully saturated rings. The van der Waals surface area contributed by atoms with Crippen LogP contribution in [0.1, 0.15) is 68.9 Å². The van der Waals surface area contributed by atoms with Crippen molar-refractivity contribution in [2.75, 3.05) is 27.3 Å². The lowest BCUT2D eigenvalue weighted by molar-refractivity contribution is -0.932. The maximum absolute atomic E-state index is 5.59. The van der Waals surface area contributed by atoms with Crippen molar-refractivity contribution < 1.29 is 14.4 Å². The molecule has 0 spiro atoms. The maximum atomic E-state index is 5.59. The molecule has 7 nitrogen and oxygen atoms in total. The highest BCUT2D eigenvalue weighted by Gasteiger charge is 2.36. The second-order valence-corrected chi connectivity index (χ2v) is 8.31. The lowest BCUT2D eigenvalue weighted by atomic mass is 9.95. The summed E-state index contributed by atoms with van der Waals surface area (Å²) < 4.78 is 13.1. The van der Waals surface area contributed by atoms with E-state index in [-0.39, 0.29) is 6.04 Å². The van der Waals surface area contributed by atoms with E-state index >= 15 is 0 Å². The van der Waals surface area contributed by atoms with Gasteiger partial charge in [-0.1, -0.05) is 19.8 Å². The average Bonchev–Trinajstić information content (AvgIpc) is 3.41. The smallest absolute Gasteiger partial charge is 0.214 e. The topological polar surface area (TPSA) is 66.5 Å². The molecule has 1 atom stereocenters. The number of hydrogen-bond donors (Lipinski definition) is 1. The molecule has 0 bridgehead atoms. The molecule has 1 N–H and O–H groups in total. The SMILES string of the molecule is COc1ccc([C@@H](c2nnnn2C2CCCC2)[NH+]2CCC(C)CC2)cc1OC. The molecule has 1 saturated carbocycles. The van der Waals surface area contributed by atoms with Gasteiger partial charge in [-0.2, -0.15) is 0 Å². The van der Waals surface area contributed by atoms with Gasteiger partial charge in [-0.05, 0) is 60.2 Å². The van der Waals surface area contributed by atoms with E-state index in [4.69, 9.17) is 9.47 Å². The lowest BCUT2D eigenvalue weighted by Crippen LogP contribution is -3.13. The molecule has 7 heteroatoms. The summed E-state index contributed by atoms with van der Waals surface area (Å²) in [5.41, 5.74) is 1.19. The molecule has 1 aromatic carbocycles. The third-order valence-corrected chi connectivity index (χ3v) is 6.51. The first kappa shape index (κ1) is 19.2. The van der Waals surface area contributed by atoms with E-state index in [0.717, 1.165) is 36.3 Å². The maximum Gasteiger partial charge on any atom is 0.214 e. The van der Waals surface area contributed by atoms with Crippen LogP contribution < -0.4 is 14.4 Å². The summed E-state index contributed by atoms with van der Waals surface area (Å²) in [4.78, 5) is 1.54.